The summed E-state index contributed by atoms with van der Waals surface area (Å²) in [5, 5.41) is 2.62. The molecule has 148 valence electrons. The number of aromatic amines is 1. The third-order valence-corrected chi connectivity index (χ3v) is 4.99. The molecule has 0 amide bonds. The van der Waals surface area contributed by atoms with E-state index in [4.69, 9.17) is 21.1 Å². The predicted molar refractivity (Wildman–Crippen MR) is 115 cm³/mol. The van der Waals surface area contributed by atoms with Gasteiger partial charge in [0.15, 0.2) is 5.69 Å². The third-order valence-electron chi connectivity index (χ3n) is 4.74. The fraction of sp³-hybridized carbons (Fsp3) is 0.217. The van der Waals surface area contributed by atoms with Crippen molar-refractivity contribution in [1.29, 1.82) is 0 Å². The smallest absolute Gasteiger partial charge is 0.357 e. The maximum Gasteiger partial charge on any atom is 0.357 e. The highest BCUT2D eigenvalue weighted by atomic mass is 35.5. The first-order valence-corrected chi connectivity index (χ1v) is 9.75. The monoisotopic (exact) mass is 408 g/mol. The van der Waals surface area contributed by atoms with Crippen LogP contribution in [-0.2, 0) is 16.1 Å². The van der Waals surface area contributed by atoms with Gasteiger partial charge in [0, 0.05) is 34.0 Å². The molecule has 0 radical (unpaired) electrons. The van der Waals surface area contributed by atoms with Gasteiger partial charge < -0.3 is 14.5 Å². The van der Waals surface area contributed by atoms with Crippen LogP contribution >= 0.6 is 11.6 Å². The lowest BCUT2D eigenvalue weighted by Gasteiger charge is -2.12. The van der Waals surface area contributed by atoms with Gasteiger partial charge in [0.2, 0.25) is 0 Å². The minimum atomic E-state index is -0.447. The van der Waals surface area contributed by atoms with Crippen LogP contribution in [0.4, 0.5) is 0 Å². The van der Waals surface area contributed by atoms with Crippen molar-refractivity contribution in [3.8, 4) is 11.1 Å². The number of hydrogen-bond donors (Lipinski definition) is 1. The molecular formula is C23H21ClN2O3. The Bertz CT molecular complexity index is 1200. The van der Waals surface area contributed by atoms with Crippen molar-refractivity contribution in [2.75, 3.05) is 7.11 Å². The van der Waals surface area contributed by atoms with Gasteiger partial charge in [0.1, 0.15) is 0 Å². The number of rotatable bonds is 5. The second-order valence-electron chi connectivity index (χ2n) is 7.15. The number of nitrogens with one attached hydrogen (secondary N) is 1. The van der Waals surface area contributed by atoms with Crippen LogP contribution in [0.25, 0.3) is 32.9 Å². The molecule has 0 atom stereocenters. The molecule has 0 unspecified atom stereocenters. The van der Waals surface area contributed by atoms with E-state index in [2.05, 4.69) is 22.1 Å². The predicted octanol–water partition coefficient (Wildman–Crippen LogP) is 5.75. The van der Waals surface area contributed by atoms with Crippen LogP contribution in [0.3, 0.4) is 0 Å². The number of benzene rings is 2. The fourth-order valence-electron chi connectivity index (χ4n) is 3.51. The van der Waals surface area contributed by atoms with Crippen molar-refractivity contribution in [3.05, 3.63) is 64.9 Å². The largest absolute Gasteiger partial charge is 0.458 e. The van der Waals surface area contributed by atoms with Gasteiger partial charge in [-0.2, -0.15) is 0 Å². The molecule has 0 bridgehead atoms. The van der Waals surface area contributed by atoms with Crippen LogP contribution in [-0.4, -0.2) is 29.2 Å². The van der Waals surface area contributed by atoms with Crippen LogP contribution in [0.2, 0.25) is 5.02 Å². The molecule has 0 aliphatic rings. The molecule has 6 heteroatoms. The van der Waals surface area contributed by atoms with E-state index in [9.17, 15) is 4.79 Å². The molecule has 4 aromatic rings. The first kappa shape index (κ1) is 19.4. The van der Waals surface area contributed by atoms with Crippen LogP contribution in [0.5, 0.6) is 0 Å². The average Bonchev–Trinajstić information content (AvgIpc) is 3.06. The minimum Gasteiger partial charge on any atom is -0.458 e. The summed E-state index contributed by atoms with van der Waals surface area (Å²) in [4.78, 5) is 20.4. The summed E-state index contributed by atoms with van der Waals surface area (Å²) < 4.78 is 10.8. The zero-order valence-electron chi connectivity index (χ0n) is 16.5. The van der Waals surface area contributed by atoms with Crippen molar-refractivity contribution in [3.63, 3.8) is 0 Å². The second kappa shape index (κ2) is 7.85. The molecule has 0 aliphatic carbocycles. The number of H-pyrrole nitrogens is 1. The van der Waals surface area contributed by atoms with E-state index < -0.39 is 5.97 Å². The number of carbonyl (C=O) groups is 1. The lowest BCUT2D eigenvalue weighted by atomic mass is 10.0. The van der Waals surface area contributed by atoms with E-state index in [1.165, 1.54) is 0 Å². The number of pyridine rings is 1. The fourth-order valence-corrected chi connectivity index (χ4v) is 3.64. The molecule has 2 aromatic carbocycles. The highest BCUT2D eigenvalue weighted by Crippen LogP contribution is 2.33. The van der Waals surface area contributed by atoms with E-state index in [0.717, 1.165) is 38.5 Å². The van der Waals surface area contributed by atoms with Gasteiger partial charge in [-0.1, -0.05) is 29.8 Å². The van der Waals surface area contributed by atoms with Crippen molar-refractivity contribution in [1.82, 2.24) is 9.97 Å². The SMILES string of the molecule is COCc1c(C(=O)OC(C)C)ncc2[nH]c3ccc(-c4ccc(Cl)cc4)cc3c12. The Kier molecular flexibility index (Phi) is 5.26. The van der Waals surface area contributed by atoms with Crippen LogP contribution in [0.1, 0.15) is 29.9 Å². The Morgan fingerprint density at radius 3 is 2.52 bits per heavy atom. The summed E-state index contributed by atoms with van der Waals surface area (Å²) in [6.45, 7) is 3.89. The molecule has 0 aliphatic heterocycles. The Labute approximate surface area is 173 Å². The van der Waals surface area contributed by atoms with E-state index >= 15 is 0 Å². The lowest BCUT2D eigenvalue weighted by molar-refractivity contribution is 0.0366. The van der Waals surface area contributed by atoms with E-state index in [1.54, 1.807) is 13.3 Å². The number of fused-ring (bicyclic) bond motifs is 3. The van der Waals surface area contributed by atoms with Crippen molar-refractivity contribution >= 4 is 39.4 Å². The molecule has 29 heavy (non-hydrogen) atoms. The zero-order valence-corrected chi connectivity index (χ0v) is 17.2. The first-order valence-electron chi connectivity index (χ1n) is 9.37. The van der Waals surface area contributed by atoms with Crippen molar-refractivity contribution in [2.24, 2.45) is 0 Å². The first-order chi connectivity index (χ1) is 14.0. The standard InChI is InChI=1S/C23H21ClN2O3/c1-13(2)29-23(27)22-18(12-28-3)21-17-10-15(14-4-7-16(24)8-5-14)6-9-19(17)26-20(21)11-25-22/h4-11,13,26H,12H2,1-3H3. The van der Waals surface area contributed by atoms with Crippen molar-refractivity contribution < 1.29 is 14.3 Å². The molecule has 0 saturated heterocycles. The van der Waals surface area contributed by atoms with Crippen molar-refractivity contribution in [2.45, 2.75) is 26.6 Å². The Morgan fingerprint density at radius 1 is 1.10 bits per heavy atom. The van der Waals surface area contributed by atoms with Gasteiger partial charge in [-0.25, -0.2) is 9.78 Å². The van der Waals surface area contributed by atoms with E-state index in [0.29, 0.717) is 5.02 Å². The molecular weight excluding hydrogens is 388 g/mol. The Balaban J connectivity index is 1.94. The molecule has 5 nitrogen and oxygen atoms in total. The second-order valence-corrected chi connectivity index (χ2v) is 7.59. The molecule has 0 fully saturated rings. The summed E-state index contributed by atoms with van der Waals surface area (Å²) in [5.41, 5.74) is 4.93. The van der Waals surface area contributed by atoms with Gasteiger partial charge in [0.25, 0.3) is 0 Å². The van der Waals surface area contributed by atoms with Gasteiger partial charge in [-0.05, 0) is 49.2 Å². The number of esters is 1. The molecule has 1 N–H and O–H groups in total. The maximum absolute atomic E-state index is 12.6. The normalized spacial score (nSPS) is 11.5. The number of nitrogens with zero attached hydrogens (tertiary/aromatic N) is 1. The van der Waals surface area contributed by atoms with E-state index in [1.807, 2.05) is 44.2 Å². The molecule has 2 aromatic heterocycles. The number of carbonyl (C=O) groups excluding carboxylic acids is 1. The lowest BCUT2D eigenvalue weighted by Crippen LogP contribution is -2.15. The summed E-state index contributed by atoms with van der Waals surface area (Å²) in [5.74, 6) is -0.447. The zero-order chi connectivity index (χ0) is 20.5. The topological polar surface area (TPSA) is 64.2 Å². The highest BCUT2D eigenvalue weighted by molar-refractivity contribution is 6.30. The van der Waals surface area contributed by atoms with Crippen LogP contribution in [0.15, 0.2) is 48.7 Å². The number of aromatic nitrogens is 2. The quantitative estimate of drug-likeness (QED) is 0.427. The summed E-state index contributed by atoms with van der Waals surface area (Å²) >= 11 is 6.02. The Hall–Kier alpha value is -2.89. The minimum absolute atomic E-state index is 0.227. The van der Waals surface area contributed by atoms with Gasteiger partial charge in [0.05, 0.1) is 24.4 Å². The molecule has 0 saturated carbocycles. The molecule has 2 heterocycles. The van der Waals surface area contributed by atoms with Gasteiger partial charge in [-0.3, -0.25) is 0 Å². The summed E-state index contributed by atoms with van der Waals surface area (Å²) in [6.07, 6.45) is 1.45. The number of halogens is 1. The Morgan fingerprint density at radius 2 is 1.83 bits per heavy atom. The summed E-state index contributed by atoms with van der Waals surface area (Å²) in [6, 6.07) is 13.9. The van der Waals surface area contributed by atoms with Crippen LogP contribution < -0.4 is 0 Å². The number of hydrogen-bond acceptors (Lipinski definition) is 4. The van der Waals surface area contributed by atoms with E-state index in [-0.39, 0.29) is 18.4 Å². The summed E-state index contributed by atoms with van der Waals surface area (Å²) in [7, 11) is 1.60. The molecule has 4 rings (SSSR count). The average molecular weight is 409 g/mol. The molecule has 0 spiro atoms. The number of methoxy groups -OCH3 is 1. The maximum atomic E-state index is 12.6. The highest BCUT2D eigenvalue weighted by Gasteiger charge is 2.21. The van der Waals surface area contributed by atoms with Gasteiger partial charge >= 0.3 is 5.97 Å². The number of ether oxygens (including phenoxy) is 2. The van der Waals surface area contributed by atoms with Crippen LogP contribution in [0, 0.1) is 0 Å². The third kappa shape index (κ3) is 3.71. The van der Waals surface area contributed by atoms with Gasteiger partial charge in [-0.15, -0.1) is 0 Å².